The van der Waals surface area contributed by atoms with Gasteiger partial charge in [0.15, 0.2) is 0 Å². The molecule has 0 aromatic carbocycles. The SMILES string of the molecule is CCOCCN(C)C(=O)CCCNC. The summed E-state index contributed by atoms with van der Waals surface area (Å²) in [6.07, 6.45) is 1.51. The first kappa shape index (κ1) is 13.4. The van der Waals surface area contributed by atoms with Gasteiger partial charge in [-0.05, 0) is 26.9 Å². The zero-order valence-corrected chi connectivity index (χ0v) is 9.51. The zero-order chi connectivity index (χ0) is 10.8. The van der Waals surface area contributed by atoms with Crippen molar-refractivity contribution in [3.63, 3.8) is 0 Å². The van der Waals surface area contributed by atoms with Gasteiger partial charge in [-0.25, -0.2) is 0 Å². The van der Waals surface area contributed by atoms with Crippen molar-refractivity contribution in [2.24, 2.45) is 0 Å². The first-order valence-corrected chi connectivity index (χ1v) is 5.18. The van der Waals surface area contributed by atoms with Crippen LogP contribution in [-0.2, 0) is 9.53 Å². The van der Waals surface area contributed by atoms with Gasteiger partial charge in [0.2, 0.25) is 5.91 Å². The molecule has 0 saturated carbocycles. The third-order valence-electron chi connectivity index (χ3n) is 2.02. The highest BCUT2D eigenvalue weighted by atomic mass is 16.5. The Bertz CT molecular complexity index is 151. The average Bonchev–Trinajstić information content (AvgIpc) is 2.18. The van der Waals surface area contributed by atoms with E-state index in [1.807, 2.05) is 21.0 Å². The van der Waals surface area contributed by atoms with Crippen LogP contribution >= 0.6 is 0 Å². The summed E-state index contributed by atoms with van der Waals surface area (Å²) in [6.45, 7) is 4.87. The molecule has 14 heavy (non-hydrogen) atoms. The van der Waals surface area contributed by atoms with E-state index in [1.54, 1.807) is 4.90 Å². The smallest absolute Gasteiger partial charge is 0.222 e. The number of nitrogens with zero attached hydrogens (tertiary/aromatic N) is 1. The van der Waals surface area contributed by atoms with Crippen LogP contribution in [0.2, 0.25) is 0 Å². The van der Waals surface area contributed by atoms with E-state index >= 15 is 0 Å². The molecule has 0 bridgehead atoms. The summed E-state index contributed by atoms with van der Waals surface area (Å²) in [5, 5.41) is 3.02. The molecule has 0 radical (unpaired) electrons. The van der Waals surface area contributed by atoms with Gasteiger partial charge < -0.3 is 15.0 Å². The quantitative estimate of drug-likeness (QED) is 0.582. The average molecular weight is 202 g/mol. The molecule has 0 aromatic rings. The Morgan fingerprint density at radius 2 is 2.21 bits per heavy atom. The molecular weight excluding hydrogens is 180 g/mol. The second-order valence-electron chi connectivity index (χ2n) is 3.22. The van der Waals surface area contributed by atoms with Crippen LogP contribution in [0.1, 0.15) is 19.8 Å². The highest BCUT2D eigenvalue weighted by molar-refractivity contribution is 5.75. The monoisotopic (exact) mass is 202 g/mol. The lowest BCUT2D eigenvalue weighted by atomic mass is 10.3. The van der Waals surface area contributed by atoms with E-state index in [0.717, 1.165) is 13.0 Å². The summed E-state index contributed by atoms with van der Waals surface area (Å²) in [6, 6.07) is 0. The normalized spacial score (nSPS) is 10.2. The van der Waals surface area contributed by atoms with Crippen LogP contribution in [0, 0.1) is 0 Å². The molecule has 0 atom stereocenters. The van der Waals surface area contributed by atoms with Crippen molar-refractivity contribution in [3.8, 4) is 0 Å². The summed E-state index contributed by atoms with van der Waals surface area (Å²) >= 11 is 0. The lowest BCUT2D eigenvalue weighted by Gasteiger charge is -2.16. The van der Waals surface area contributed by atoms with E-state index in [1.165, 1.54) is 0 Å². The van der Waals surface area contributed by atoms with E-state index in [2.05, 4.69) is 5.32 Å². The Hall–Kier alpha value is -0.610. The van der Waals surface area contributed by atoms with Crippen molar-refractivity contribution in [1.29, 1.82) is 0 Å². The van der Waals surface area contributed by atoms with Gasteiger partial charge in [-0.1, -0.05) is 0 Å². The van der Waals surface area contributed by atoms with Gasteiger partial charge >= 0.3 is 0 Å². The fourth-order valence-electron chi connectivity index (χ4n) is 1.08. The van der Waals surface area contributed by atoms with E-state index < -0.39 is 0 Å². The van der Waals surface area contributed by atoms with Gasteiger partial charge in [-0.3, -0.25) is 4.79 Å². The fraction of sp³-hybridized carbons (Fsp3) is 0.900. The summed E-state index contributed by atoms with van der Waals surface area (Å²) < 4.78 is 5.17. The molecule has 0 aromatic heterocycles. The standard InChI is InChI=1S/C10H22N2O2/c1-4-14-9-8-12(3)10(13)6-5-7-11-2/h11H,4-9H2,1-3H3. The van der Waals surface area contributed by atoms with Crippen molar-refractivity contribution in [3.05, 3.63) is 0 Å². The number of amides is 1. The van der Waals surface area contributed by atoms with Crippen LogP contribution in [0.4, 0.5) is 0 Å². The summed E-state index contributed by atoms with van der Waals surface area (Å²) in [5.74, 6) is 0.194. The molecule has 4 heteroatoms. The third-order valence-corrected chi connectivity index (χ3v) is 2.02. The molecule has 4 nitrogen and oxygen atoms in total. The molecule has 0 saturated heterocycles. The maximum atomic E-state index is 11.5. The molecule has 1 N–H and O–H groups in total. The van der Waals surface area contributed by atoms with Crippen molar-refractivity contribution in [2.45, 2.75) is 19.8 Å². The summed E-state index contributed by atoms with van der Waals surface area (Å²) in [7, 11) is 3.71. The minimum atomic E-state index is 0.194. The van der Waals surface area contributed by atoms with Gasteiger partial charge in [-0.2, -0.15) is 0 Å². The number of hydrogen-bond acceptors (Lipinski definition) is 3. The van der Waals surface area contributed by atoms with Crippen molar-refractivity contribution in [1.82, 2.24) is 10.2 Å². The Kier molecular flexibility index (Phi) is 8.57. The molecule has 0 unspecified atom stereocenters. The summed E-state index contributed by atoms with van der Waals surface area (Å²) in [5.41, 5.74) is 0. The third kappa shape index (κ3) is 6.86. The van der Waals surface area contributed by atoms with Gasteiger partial charge in [0.1, 0.15) is 0 Å². The maximum Gasteiger partial charge on any atom is 0.222 e. The Morgan fingerprint density at radius 1 is 1.50 bits per heavy atom. The number of rotatable bonds is 8. The van der Waals surface area contributed by atoms with Crippen LogP contribution in [0.15, 0.2) is 0 Å². The largest absolute Gasteiger partial charge is 0.380 e. The number of ether oxygens (including phenoxy) is 1. The van der Waals surface area contributed by atoms with Crippen molar-refractivity contribution in [2.75, 3.05) is 40.4 Å². The van der Waals surface area contributed by atoms with Gasteiger partial charge in [0.25, 0.3) is 0 Å². The minimum absolute atomic E-state index is 0.194. The number of nitrogens with one attached hydrogen (secondary N) is 1. The second kappa shape index (κ2) is 8.97. The fourth-order valence-corrected chi connectivity index (χ4v) is 1.08. The van der Waals surface area contributed by atoms with Crippen molar-refractivity contribution >= 4 is 5.91 Å². The van der Waals surface area contributed by atoms with Crippen LogP contribution < -0.4 is 5.32 Å². The molecule has 0 aliphatic heterocycles. The molecule has 0 fully saturated rings. The predicted octanol–water partition coefficient (Wildman–Crippen LogP) is 0.481. The summed E-state index contributed by atoms with van der Waals surface area (Å²) in [4.78, 5) is 13.2. The second-order valence-corrected chi connectivity index (χ2v) is 3.22. The number of carbonyl (C=O) groups is 1. The van der Waals surface area contributed by atoms with E-state index in [4.69, 9.17) is 4.74 Å². The van der Waals surface area contributed by atoms with Crippen LogP contribution in [-0.4, -0.2) is 51.2 Å². The van der Waals surface area contributed by atoms with E-state index in [9.17, 15) is 4.79 Å². The maximum absolute atomic E-state index is 11.5. The highest BCUT2D eigenvalue weighted by Gasteiger charge is 2.06. The van der Waals surface area contributed by atoms with Crippen LogP contribution in [0.5, 0.6) is 0 Å². The first-order valence-electron chi connectivity index (χ1n) is 5.18. The topological polar surface area (TPSA) is 41.6 Å². The van der Waals surface area contributed by atoms with Gasteiger partial charge in [-0.15, -0.1) is 0 Å². The molecule has 0 heterocycles. The molecular formula is C10H22N2O2. The van der Waals surface area contributed by atoms with E-state index in [0.29, 0.717) is 26.2 Å². The van der Waals surface area contributed by atoms with Gasteiger partial charge in [0.05, 0.1) is 6.61 Å². The molecule has 84 valence electrons. The lowest BCUT2D eigenvalue weighted by molar-refractivity contribution is -0.130. The molecule has 0 aliphatic rings. The number of hydrogen-bond donors (Lipinski definition) is 1. The first-order chi connectivity index (χ1) is 6.72. The Labute approximate surface area is 86.6 Å². The lowest BCUT2D eigenvalue weighted by Crippen LogP contribution is -2.30. The zero-order valence-electron chi connectivity index (χ0n) is 9.51. The minimum Gasteiger partial charge on any atom is -0.380 e. The predicted molar refractivity (Wildman–Crippen MR) is 57.3 cm³/mol. The Morgan fingerprint density at radius 3 is 2.79 bits per heavy atom. The Balaban J connectivity index is 3.44. The molecule has 0 aliphatic carbocycles. The van der Waals surface area contributed by atoms with E-state index in [-0.39, 0.29) is 5.91 Å². The van der Waals surface area contributed by atoms with Crippen LogP contribution in [0.3, 0.4) is 0 Å². The van der Waals surface area contributed by atoms with Crippen LogP contribution in [0.25, 0.3) is 0 Å². The molecule has 0 rings (SSSR count). The van der Waals surface area contributed by atoms with Gasteiger partial charge in [0, 0.05) is 26.6 Å². The van der Waals surface area contributed by atoms with Crippen molar-refractivity contribution < 1.29 is 9.53 Å². The highest BCUT2D eigenvalue weighted by Crippen LogP contribution is 1.94. The molecule has 0 spiro atoms. The number of carbonyl (C=O) groups excluding carboxylic acids is 1. The molecule has 1 amide bonds. The number of likely N-dealkylation sites (N-methyl/N-ethyl adjacent to an activating group) is 1.